The third-order valence-electron chi connectivity index (χ3n) is 2.57. The van der Waals surface area contributed by atoms with Crippen LogP contribution in [-0.2, 0) is 0 Å². The minimum absolute atomic E-state index is 0.107. The second-order valence-corrected chi connectivity index (χ2v) is 4.75. The van der Waals surface area contributed by atoms with Crippen LogP contribution in [0.15, 0.2) is 41.1 Å². The molecule has 1 aromatic heterocycles. The predicted octanol–water partition coefficient (Wildman–Crippen LogP) is 4.30. The van der Waals surface area contributed by atoms with E-state index >= 15 is 0 Å². The van der Waals surface area contributed by atoms with Crippen LogP contribution >= 0.6 is 15.9 Å². The van der Waals surface area contributed by atoms with E-state index in [0.29, 0.717) is 4.47 Å². The average Bonchev–Trinajstić information content (AvgIpc) is 2.34. The number of rotatable bonds is 3. The highest BCUT2D eigenvalue weighted by Gasteiger charge is 2.13. The van der Waals surface area contributed by atoms with Gasteiger partial charge in [-0.3, -0.25) is 4.98 Å². The molecule has 1 heterocycles. The quantitative estimate of drug-likeness (QED) is 0.914. The maximum absolute atomic E-state index is 13.6. The van der Waals surface area contributed by atoms with E-state index in [-0.39, 0.29) is 11.7 Å². The molecule has 1 unspecified atom stereocenters. The Morgan fingerprint density at radius 1 is 1.22 bits per heavy atom. The molecule has 2 aromatic rings. The number of nitrogens with one attached hydrogen (secondary N) is 1. The van der Waals surface area contributed by atoms with Crippen LogP contribution in [0.1, 0.15) is 18.5 Å². The number of benzene rings is 1. The Hall–Kier alpha value is -1.49. The van der Waals surface area contributed by atoms with Gasteiger partial charge in [0.2, 0.25) is 0 Å². The van der Waals surface area contributed by atoms with Crippen molar-refractivity contribution in [3.05, 3.63) is 58.3 Å². The van der Waals surface area contributed by atoms with E-state index in [4.69, 9.17) is 0 Å². The SMILES string of the molecule is CC(Nc1c(F)cc(F)cc1Br)c1ccncc1. The third-order valence-corrected chi connectivity index (χ3v) is 3.20. The molecule has 0 aliphatic carbocycles. The summed E-state index contributed by atoms with van der Waals surface area (Å²) in [6.07, 6.45) is 3.34. The van der Waals surface area contributed by atoms with Gasteiger partial charge in [0.15, 0.2) is 0 Å². The fraction of sp³-hybridized carbons (Fsp3) is 0.154. The Morgan fingerprint density at radius 3 is 2.50 bits per heavy atom. The molecule has 0 spiro atoms. The van der Waals surface area contributed by atoms with E-state index < -0.39 is 11.6 Å². The summed E-state index contributed by atoms with van der Waals surface area (Å²) in [6, 6.07) is 5.65. The highest BCUT2D eigenvalue weighted by atomic mass is 79.9. The van der Waals surface area contributed by atoms with Crippen LogP contribution in [0.2, 0.25) is 0 Å². The molecular formula is C13H11BrF2N2. The third kappa shape index (κ3) is 2.85. The molecule has 0 bridgehead atoms. The van der Waals surface area contributed by atoms with Gasteiger partial charge in [-0.2, -0.15) is 0 Å². The zero-order chi connectivity index (χ0) is 13.1. The molecule has 0 amide bonds. The van der Waals surface area contributed by atoms with Crippen LogP contribution in [0.25, 0.3) is 0 Å². The molecule has 94 valence electrons. The lowest BCUT2D eigenvalue weighted by atomic mass is 10.1. The Labute approximate surface area is 112 Å². The number of pyridine rings is 1. The molecule has 0 aliphatic heterocycles. The largest absolute Gasteiger partial charge is 0.375 e. The normalized spacial score (nSPS) is 12.2. The van der Waals surface area contributed by atoms with Crippen LogP contribution in [0.3, 0.4) is 0 Å². The molecule has 1 N–H and O–H groups in total. The number of halogens is 3. The Bertz CT molecular complexity index is 523. The molecule has 1 atom stereocenters. The molecular weight excluding hydrogens is 302 g/mol. The summed E-state index contributed by atoms with van der Waals surface area (Å²) in [6.45, 7) is 1.89. The number of anilines is 1. The number of nitrogens with zero attached hydrogens (tertiary/aromatic N) is 1. The van der Waals surface area contributed by atoms with Gasteiger partial charge in [0.05, 0.1) is 5.69 Å². The first-order valence-electron chi connectivity index (χ1n) is 5.39. The maximum atomic E-state index is 13.6. The zero-order valence-corrected chi connectivity index (χ0v) is 11.2. The second-order valence-electron chi connectivity index (χ2n) is 3.89. The second kappa shape index (κ2) is 5.44. The molecule has 0 saturated heterocycles. The van der Waals surface area contributed by atoms with Gasteiger partial charge in [-0.05, 0) is 46.6 Å². The topological polar surface area (TPSA) is 24.9 Å². The van der Waals surface area contributed by atoms with Crippen molar-refractivity contribution in [2.24, 2.45) is 0 Å². The first-order valence-corrected chi connectivity index (χ1v) is 6.18. The van der Waals surface area contributed by atoms with Gasteiger partial charge in [-0.1, -0.05) is 0 Å². The Kier molecular flexibility index (Phi) is 3.91. The summed E-state index contributed by atoms with van der Waals surface area (Å²) < 4.78 is 27.0. The lowest BCUT2D eigenvalue weighted by molar-refractivity contribution is 0.582. The van der Waals surface area contributed by atoms with Crippen molar-refractivity contribution in [2.45, 2.75) is 13.0 Å². The Balaban J connectivity index is 2.25. The van der Waals surface area contributed by atoms with E-state index in [0.717, 1.165) is 11.6 Å². The summed E-state index contributed by atoms with van der Waals surface area (Å²) in [5, 5.41) is 3.01. The number of aromatic nitrogens is 1. The highest BCUT2D eigenvalue weighted by molar-refractivity contribution is 9.10. The fourth-order valence-electron chi connectivity index (χ4n) is 1.63. The summed E-state index contributed by atoms with van der Waals surface area (Å²) in [4.78, 5) is 3.92. The van der Waals surface area contributed by atoms with E-state index in [9.17, 15) is 8.78 Å². The average molecular weight is 313 g/mol. The van der Waals surface area contributed by atoms with Crippen LogP contribution in [0.5, 0.6) is 0 Å². The molecule has 0 radical (unpaired) electrons. The molecule has 18 heavy (non-hydrogen) atoms. The standard InChI is InChI=1S/C13H11BrF2N2/c1-8(9-2-4-17-5-3-9)18-13-11(14)6-10(15)7-12(13)16/h2-8,18H,1H3. The molecule has 2 rings (SSSR count). The maximum Gasteiger partial charge on any atom is 0.150 e. The summed E-state index contributed by atoms with van der Waals surface area (Å²) >= 11 is 3.14. The van der Waals surface area contributed by atoms with Crippen LogP contribution in [0, 0.1) is 11.6 Å². The van der Waals surface area contributed by atoms with E-state index in [1.807, 2.05) is 19.1 Å². The molecule has 0 fully saturated rings. The minimum atomic E-state index is -0.622. The van der Waals surface area contributed by atoms with E-state index in [2.05, 4.69) is 26.2 Å². The predicted molar refractivity (Wildman–Crippen MR) is 70.3 cm³/mol. The van der Waals surface area contributed by atoms with Gasteiger partial charge in [0.1, 0.15) is 11.6 Å². The minimum Gasteiger partial charge on any atom is -0.375 e. The van der Waals surface area contributed by atoms with Crippen molar-refractivity contribution in [1.29, 1.82) is 0 Å². The van der Waals surface area contributed by atoms with Gasteiger partial charge >= 0.3 is 0 Å². The van der Waals surface area contributed by atoms with Crippen LogP contribution in [-0.4, -0.2) is 4.98 Å². The summed E-state index contributed by atoms with van der Waals surface area (Å²) in [5.41, 5.74) is 1.22. The lowest BCUT2D eigenvalue weighted by Gasteiger charge is -2.17. The van der Waals surface area contributed by atoms with Crippen molar-refractivity contribution in [3.63, 3.8) is 0 Å². The van der Waals surface area contributed by atoms with Crippen molar-refractivity contribution in [2.75, 3.05) is 5.32 Å². The number of hydrogen-bond acceptors (Lipinski definition) is 2. The molecule has 2 nitrogen and oxygen atoms in total. The van der Waals surface area contributed by atoms with Crippen LogP contribution in [0.4, 0.5) is 14.5 Å². The van der Waals surface area contributed by atoms with Crippen molar-refractivity contribution in [1.82, 2.24) is 4.98 Å². The lowest BCUT2D eigenvalue weighted by Crippen LogP contribution is -2.08. The van der Waals surface area contributed by atoms with Crippen molar-refractivity contribution < 1.29 is 8.78 Å². The van der Waals surface area contributed by atoms with E-state index in [1.54, 1.807) is 12.4 Å². The molecule has 0 aliphatic rings. The van der Waals surface area contributed by atoms with E-state index in [1.165, 1.54) is 6.07 Å². The molecule has 1 aromatic carbocycles. The van der Waals surface area contributed by atoms with Gasteiger partial charge in [0.25, 0.3) is 0 Å². The number of hydrogen-bond donors (Lipinski definition) is 1. The van der Waals surface area contributed by atoms with Gasteiger partial charge < -0.3 is 5.32 Å². The van der Waals surface area contributed by atoms with Gasteiger partial charge in [0, 0.05) is 29.0 Å². The summed E-state index contributed by atoms with van der Waals surface area (Å²) in [7, 11) is 0. The Morgan fingerprint density at radius 2 is 1.89 bits per heavy atom. The first-order chi connectivity index (χ1) is 8.58. The summed E-state index contributed by atoms with van der Waals surface area (Å²) in [5.74, 6) is -1.23. The fourth-order valence-corrected chi connectivity index (χ4v) is 2.15. The monoisotopic (exact) mass is 312 g/mol. The highest BCUT2D eigenvalue weighted by Crippen LogP contribution is 2.30. The smallest absolute Gasteiger partial charge is 0.150 e. The van der Waals surface area contributed by atoms with Gasteiger partial charge in [-0.15, -0.1) is 0 Å². The van der Waals surface area contributed by atoms with Crippen LogP contribution < -0.4 is 5.32 Å². The zero-order valence-electron chi connectivity index (χ0n) is 9.62. The van der Waals surface area contributed by atoms with Crippen molar-refractivity contribution in [3.8, 4) is 0 Å². The molecule has 0 saturated carbocycles. The van der Waals surface area contributed by atoms with Gasteiger partial charge in [-0.25, -0.2) is 8.78 Å². The first kappa shape index (κ1) is 13.0. The van der Waals surface area contributed by atoms with Crippen molar-refractivity contribution >= 4 is 21.6 Å². The molecule has 5 heteroatoms.